The highest BCUT2D eigenvalue weighted by atomic mass is 32.2. The molecule has 6 nitrogen and oxygen atoms in total. The van der Waals surface area contributed by atoms with E-state index in [0.717, 1.165) is 12.8 Å². The molecule has 0 saturated heterocycles. The Morgan fingerprint density at radius 2 is 2.36 bits per heavy atom. The van der Waals surface area contributed by atoms with Crippen LogP contribution >= 0.6 is 0 Å². The van der Waals surface area contributed by atoms with Gasteiger partial charge in [-0.15, -0.1) is 0 Å². The smallest absolute Gasteiger partial charge is 0.214 e. The maximum Gasteiger partial charge on any atom is 0.214 e. The molecule has 2 rings (SSSR count). The largest absolute Gasteiger partial charge is 0.263 e. The Kier molecular flexibility index (Phi) is 2.51. The standard InChI is InChI=1S/C7H12N4O2S/c12-14(13,6-1-2-6)10-4-3-7-8-5-9-11-7/h5-6,10H,1-4H2,(H,8,9,11). The molecule has 1 aromatic heterocycles. The maximum atomic E-state index is 11.4. The predicted octanol–water partition coefficient (Wildman–Crippen LogP) is -0.571. The van der Waals surface area contributed by atoms with Crippen molar-refractivity contribution in [2.45, 2.75) is 24.5 Å². The summed E-state index contributed by atoms with van der Waals surface area (Å²) < 4.78 is 25.3. The van der Waals surface area contributed by atoms with Crippen molar-refractivity contribution in [1.82, 2.24) is 19.9 Å². The lowest BCUT2D eigenvalue weighted by Crippen LogP contribution is -2.29. The summed E-state index contributed by atoms with van der Waals surface area (Å²) in [5, 5.41) is 6.19. The summed E-state index contributed by atoms with van der Waals surface area (Å²) in [5.74, 6) is 0.698. The van der Waals surface area contributed by atoms with Gasteiger partial charge in [0.25, 0.3) is 0 Å². The number of nitrogens with zero attached hydrogens (tertiary/aromatic N) is 2. The van der Waals surface area contributed by atoms with E-state index < -0.39 is 10.0 Å². The van der Waals surface area contributed by atoms with Crippen LogP contribution in [0.1, 0.15) is 18.7 Å². The number of hydrogen-bond acceptors (Lipinski definition) is 4. The highest BCUT2D eigenvalue weighted by molar-refractivity contribution is 7.90. The Morgan fingerprint density at radius 3 is 2.93 bits per heavy atom. The van der Waals surface area contributed by atoms with E-state index in [1.165, 1.54) is 6.33 Å². The van der Waals surface area contributed by atoms with Gasteiger partial charge in [-0.2, -0.15) is 5.10 Å². The molecule has 0 unspecified atom stereocenters. The predicted molar refractivity (Wildman–Crippen MR) is 50.0 cm³/mol. The molecule has 1 aromatic rings. The summed E-state index contributed by atoms with van der Waals surface area (Å²) in [6.07, 6.45) is 3.53. The van der Waals surface area contributed by atoms with Gasteiger partial charge in [0, 0.05) is 13.0 Å². The van der Waals surface area contributed by atoms with Gasteiger partial charge in [-0.25, -0.2) is 18.1 Å². The second-order valence-electron chi connectivity index (χ2n) is 3.32. The van der Waals surface area contributed by atoms with E-state index in [0.29, 0.717) is 18.8 Å². The van der Waals surface area contributed by atoms with Gasteiger partial charge in [0.05, 0.1) is 5.25 Å². The van der Waals surface area contributed by atoms with Crippen molar-refractivity contribution in [3.8, 4) is 0 Å². The highest BCUT2D eigenvalue weighted by Gasteiger charge is 2.35. The van der Waals surface area contributed by atoms with Crippen LogP contribution in [0.3, 0.4) is 0 Å². The molecule has 78 valence electrons. The van der Waals surface area contributed by atoms with Crippen LogP contribution in [0.4, 0.5) is 0 Å². The molecule has 0 aliphatic heterocycles. The first-order valence-electron chi connectivity index (χ1n) is 4.51. The fraction of sp³-hybridized carbons (Fsp3) is 0.714. The third kappa shape index (κ3) is 2.30. The van der Waals surface area contributed by atoms with E-state index >= 15 is 0 Å². The summed E-state index contributed by atoms with van der Waals surface area (Å²) in [6.45, 7) is 0.383. The first-order valence-corrected chi connectivity index (χ1v) is 6.06. The average molecular weight is 216 g/mol. The van der Waals surface area contributed by atoms with Crippen LogP contribution < -0.4 is 4.72 Å². The fourth-order valence-corrected chi connectivity index (χ4v) is 2.54. The van der Waals surface area contributed by atoms with Crippen molar-refractivity contribution >= 4 is 10.0 Å². The van der Waals surface area contributed by atoms with Gasteiger partial charge in [0.1, 0.15) is 12.2 Å². The molecule has 1 saturated carbocycles. The number of aromatic amines is 1. The lowest BCUT2D eigenvalue weighted by atomic mass is 10.4. The van der Waals surface area contributed by atoms with Crippen LogP contribution in [0.25, 0.3) is 0 Å². The van der Waals surface area contributed by atoms with Crippen molar-refractivity contribution in [3.63, 3.8) is 0 Å². The summed E-state index contributed by atoms with van der Waals surface area (Å²) in [4.78, 5) is 3.89. The minimum Gasteiger partial charge on any atom is -0.263 e. The Labute approximate surface area is 82.2 Å². The Morgan fingerprint density at radius 1 is 1.57 bits per heavy atom. The quantitative estimate of drug-likeness (QED) is 0.690. The highest BCUT2D eigenvalue weighted by Crippen LogP contribution is 2.27. The van der Waals surface area contributed by atoms with E-state index in [1.54, 1.807) is 0 Å². The van der Waals surface area contributed by atoms with Crippen LogP contribution in [-0.4, -0.2) is 35.4 Å². The zero-order valence-electron chi connectivity index (χ0n) is 7.60. The molecular formula is C7H12N4O2S. The molecule has 14 heavy (non-hydrogen) atoms. The fourth-order valence-electron chi connectivity index (χ4n) is 1.16. The summed E-state index contributed by atoms with van der Waals surface area (Å²) >= 11 is 0. The molecule has 2 N–H and O–H groups in total. The zero-order chi connectivity index (χ0) is 10.0. The summed E-state index contributed by atoms with van der Waals surface area (Å²) in [5.41, 5.74) is 0. The number of aromatic nitrogens is 3. The van der Waals surface area contributed by atoms with Gasteiger partial charge in [-0.05, 0) is 12.8 Å². The first-order chi connectivity index (χ1) is 6.68. The van der Waals surface area contributed by atoms with E-state index in [4.69, 9.17) is 0 Å². The lowest BCUT2D eigenvalue weighted by Gasteiger charge is -2.02. The van der Waals surface area contributed by atoms with Gasteiger partial charge in [0.15, 0.2) is 0 Å². The van der Waals surface area contributed by atoms with Crippen LogP contribution in [0.15, 0.2) is 6.33 Å². The number of rotatable bonds is 5. The van der Waals surface area contributed by atoms with Gasteiger partial charge < -0.3 is 0 Å². The summed E-state index contributed by atoms with van der Waals surface area (Å²) in [6, 6.07) is 0. The molecule has 0 aromatic carbocycles. The molecule has 0 radical (unpaired) electrons. The molecule has 0 bridgehead atoms. The zero-order valence-corrected chi connectivity index (χ0v) is 8.42. The maximum absolute atomic E-state index is 11.4. The summed E-state index contributed by atoms with van der Waals surface area (Å²) in [7, 11) is -3.05. The topological polar surface area (TPSA) is 87.7 Å². The molecule has 1 aliphatic rings. The van der Waals surface area contributed by atoms with Gasteiger partial charge in [0.2, 0.25) is 10.0 Å². The third-order valence-corrected chi connectivity index (χ3v) is 4.05. The minimum absolute atomic E-state index is 0.155. The second-order valence-corrected chi connectivity index (χ2v) is 5.37. The van der Waals surface area contributed by atoms with E-state index in [2.05, 4.69) is 19.9 Å². The number of nitrogens with one attached hydrogen (secondary N) is 2. The van der Waals surface area contributed by atoms with Crippen molar-refractivity contribution in [1.29, 1.82) is 0 Å². The molecule has 1 aliphatic carbocycles. The van der Waals surface area contributed by atoms with E-state index in [-0.39, 0.29) is 5.25 Å². The first kappa shape index (κ1) is 9.60. The van der Waals surface area contributed by atoms with Gasteiger partial charge in [-0.1, -0.05) is 0 Å². The monoisotopic (exact) mass is 216 g/mol. The minimum atomic E-state index is -3.05. The van der Waals surface area contributed by atoms with E-state index in [9.17, 15) is 8.42 Å². The Balaban J connectivity index is 1.78. The van der Waals surface area contributed by atoms with Crippen LogP contribution in [0, 0.1) is 0 Å². The molecule has 0 atom stereocenters. The Hall–Kier alpha value is -0.950. The average Bonchev–Trinajstić information content (AvgIpc) is 2.87. The van der Waals surface area contributed by atoms with Gasteiger partial charge in [-0.3, -0.25) is 5.10 Å². The second kappa shape index (κ2) is 3.66. The van der Waals surface area contributed by atoms with Crippen molar-refractivity contribution in [2.75, 3.05) is 6.54 Å². The SMILES string of the molecule is O=S(=O)(NCCc1ncn[nH]1)C1CC1. The Bertz CT molecular complexity index is 382. The molecule has 7 heteroatoms. The molecule has 0 spiro atoms. The van der Waals surface area contributed by atoms with Crippen molar-refractivity contribution < 1.29 is 8.42 Å². The normalized spacial score (nSPS) is 17.1. The molecular weight excluding hydrogens is 204 g/mol. The number of hydrogen-bond donors (Lipinski definition) is 2. The van der Waals surface area contributed by atoms with Gasteiger partial charge >= 0.3 is 0 Å². The van der Waals surface area contributed by atoms with Crippen LogP contribution in [-0.2, 0) is 16.4 Å². The molecule has 1 heterocycles. The van der Waals surface area contributed by atoms with Crippen molar-refractivity contribution in [2.24, 2.45) is 0 Å². The lowest BCUT2D eigenvalue weighted by molar-refractivity contribution is 0.579. The number of H-pyrrole nitrogens is 1. The molecule has 1 fully saturated rings. The third-order valence-electron chi connectivity index (χ3n) is 2.09. The van der Waals surface area contributed by atoms with Crippen molar-refractivity contribution in [3.05, 3.63) is 12.2 Å². The number of sulfonamides is 1. The molecule has 0 amide bonds. The van der Waals surface area contributed by atoms with Crippen LogP contribution in [0.5, 0.6) is 0 Å². The van der Waals surface area contributed by atoms with E-state index in [1.807, 2.05) is 0 Å². The van der Waals surface area contributed by atoms with Crippen LogP contribution in [0.2, 0.25) is 0 Å².